The molecular formula is C13H25N3OS. The van der Waals surface area contributed by atoms with Gasteiger partial charge in [0.05, 0.1) is 12.3 Å². The smallest absolute Gasteiger partial charge is 0.185 e. The van der Waals surface area contributed by atoms with E-state index in [1.54, 1.807) is 18.4 Å². The zero-order chi connectivity index (χ0) is 13.4. The molecule has 1 rings (SSSR count). The minimum atomic E-state index is 0.752. The molecule has 0 aliphatic carbocycles. The third-order valence-corrected chi connectivity index (χ3v) is 4.01. The van der Waals surface area contributed by atoms with Crippen molar-refractivity contribution in [3.05, 3.63) is 10.6 Å². The zero-order valence-corrected chi connectivity index (χ0v) is 12.8. The van der Waals surface area contributed by atoms with Gasteiger partial charge in [-0.25, -0.2) is 4.98 Å². The van der Waals surface area contributed by atoms with Gasteiger partial charge in [0.25, 0.3) is 0 Å². The van der Waals surface area contributed by atoms with Crippen LogP contribution >= 0.6 is 11.3 Å². The van der Waals surface area contributed by atoms with Crippen LogP contribution in [-0.2, 0) is 11.3 Å². The maximum atomic E-state index is 5.02. The van der Waals surface area contributed by atoms with Crippen molar-refractivity contribution in [2.45, 2.75) is 33.7 Å². The van der Waals surface area contributed by atoms with Crippen LogP contribution in [0.15, 0.2) is 0 Å². The molecule has 1 aromatic rings. The summed E-state index contributed by atoms with van der Waals surface area (Å²) in [4.78, 5) is 8.35. The van der Waals surface area contributed by atoms with Crippen molar-refractivity contribution in [2.75, 3.05) is 38.3 Å². The second-order valence-corrected chi connectivity index (χ2v) is 5.32. The Hall–Kier alpha value is -0.650. The number of aromatic nitrogens is 1. The first-order valence-corrected chi connectivity index (χ1v) is 7.45. The van der Waals surface area contributed by atoms with Crippen LogP contribution in [-0.4, -0.2) is 38.3 Å². The van der Waals surface area contributed by atoms with Gasteiger partial charge >= 0.3 is 0 Å². The van der Waals surface area contributed by atoms with Crippen molar-refractivity contribution in [2.24, 2.45) is 0 Å². The number of thiazole rings is 1. The molecule has 0 unspecified atom stereocenters. The van der Waals surface area contributed by atoms with E-state index in [2.05, 4.69) is 36.0 Å². The summed E-state index contributed by atoms with van der Waals surface area (Å²) in [6.45, 7) is 11.1. The molecule has 104 valence electrons. The van der Waals surface area contributed by atoms with Gasteiger partial charge in [-0.1, -0.05) is 6.92 Å². The fourth-order valence-electron chi connectivity index (χ4n) is 1.75. The van der Waals surface area contributed by atoms with Crippen molar-refractivity contribution in [3.8, 4) is 0 Å². The van der Waals surface area contributed by atoms with E-state index >= 15 is 0 Å². The maximum absolute atomic E-state index is 5.02. The molecule has 1 N–H and O–H groups in total. The van der Waals surface area contributed by atoms with Gasteiger partial charge in [0.1, 0.15) is 0 Å². The Bertz CT molecular complexity index is 341. The quantitative estimate of drug-likeness (QED) is 0.700. The molecule has 5 heteroatoms. The second-order valence-electron chi connectivity index (χ2n) is 4.25. The summed E-state index contributed by atoms with van der Waals surface area (Å²) in [5.41, 5.74) is 1.15. The highest BCUT2D eigenvalue weighted by atomic mass is 32.1. The standard InChI is InChI=1S/C13H25N3OS/c1-5-8-16(6-2)13-15-11(3)12(18-13)10-14-7-9-17-4/h14H,5-10H2,1-4H3. The molecule has 0 bridgehead atoms. The largest absolute Gasteiger partial charge is 0.383 e. The van der Waals surface area contributed by atoms with Crippen LogP contribution in [0.5, 0.6) is 0 Å². The molecule has 1 heterocycles. The number of nitrogens with zero attached hydrogens (tertiary/aromatic N) is 2. The first-order chi connectivity index (χ1) is 8.72. The van der Waals surface area contributed by atoms with Crippen molar-refractivity contribution in [3.63, 3.8) is 0 Å². The lowest BCUT2D eigenvalue weighted by molar-refractivity contribution is 0.199. The third-order valence-electron chi connectivity index (χ3n) is 2.80. The zero-order valence-electron chi connectivity index (χ0n) is 12.0. The van der Waals surface area contributed by atoms with Gasteiger partial charge in [-0.3, -0.25) is 0 Å². The molecule has 0 atom stereocenters. The highest BCUT2D eigenvalue weighted by Crippen LogP contribution is 2.25. The number of hydrogen-bond acceptors (Lipinski definition) is 5. The Balaban J connectivity index is 2.57. The SMILES string of the molecule is CCCN(CC)c1nc(C)c(CNCCOC)s1. The van der Waals surface area contributed by atoms with Gasteiger partial charge in [-0.15, -0.1) is 11.3 Å². The average molecular weight is 271 g/mol. The Morgan fingerprint density at radius 2 is 2.17 bits per heavy atom. The third kappa shape index (κ3) is 4.55. The molecule has 18 heavy (non-hydrogen) atoms. The number of nitrogens with one attached hydrogen (secondary N) is 1. The summed E-state index contributed by atoms with van der Waals surface area (Å²) in [5.74, 6) is 0. The Morgan fingerprint density at radius 3 is 2.78 bits per heavy atom. The van der Waals surface area contributed by atoms with E-state index < -0.39 is 0 Å². The topological polar surface area (TPSA) is 37.4 Å². The molecule has 0 saturated carbocycles. The highest BCUT2D eigenvalue weighted by Gasteiger charge is 2.11. The molecule has 0 aliphatic rings. The van der Waals surface area contributed by atoms with Crippen LogP contribution in [0.2, 0.25) is 0 Å². The first-order valence-electron chi connectivity index (χ1n) is 6.63. The number of anilines is 1. The predicted octanol–water partition coefficient (Wildman–Crippen LogP) is 2.42. The fourth-order valence-corrected chi connectivity index (χ4v) is 2.87. The minimum Gasteiger partial charge on any atom is -0.383 e. The fraction of sp³-hybridized carbons (Fsp3) is 0.769. The van der Waals surface area contributed by atoms with Gasteiger partial charge < -0.3 is 15.0 Å². The summed E-state index contributed by atoms with van der Waals surface area (Å²) in [6, 6.07) is 0. The van der Waals surface area contributed by atoms with Gasteiger partial charge in [-0.2, -0.15) is 0 Å². The van der Waals surface area contributed by atoms with Crippen LogP contribution in [0.25, 0.3) is 0 Å². The molecule has 0 spiro atoms. The van der Waals surface area contributed by atoms with E-state index in [1.807, 2.05) is 0 Å². The van der Waals surface area contributed by atoms with E-state index in [4.69, 9.17) is 4.74 Å². The summed E-state index contributed by atoms with van der Waals surface area (Å²) in [5, 5.41) is 4.53. The van der Waals surface area contributed by atoms with Crippen LogP contribution in [0.4, 0.5) is 5.13 Å². The number of hydrogen-bond donors (Lipinski definition) is 1. The summed E-state index contributed by atoms with van der Waals surface area (Å²) < 4.78 is 5.02. The molecule has 0 fully saturated rings. The van der Waals surface area contributed by atoms with E-state index in [1.165, 1.54) is 4.88 Å². The van der Waals surface area contributed by atoms with E-state index in [-0.39, 0.29) is 0 Å². The average Bonchev–Trinajstić information content (AvgIpc) is 2.73. The summed E-state index contributed by atoms with van der Waals surface area (Å²) in [7, 11) is 1.72. The van der Waals surface area contributed by atoms with Crippen molar-refractivity contribution in [1.82, 2.24) is 10.3 Å². The molecule has 0 aromatic carbocycles. The molecule has 0 amide bonds. The molecular weight excluding hydrogens is 246 g/mol. The highest BCUT2D eigenvalue weighted by molar-refractivity contribution is 7.15. The van der Waals surface area contributed by atoms with Crippen LogP contribution < -0.4 is 10.2 Å². The molecule has 0 saturated heterocycles. The normalized spacial score (nSPS) is 10.9. The van der Waals surface area contributed by atoms with Gasteiger partial charge in [0, 0.05) is 38.2 Å². The van der Waals surface area contributed by atoms with E-state index in [0.717, 1.165) is 50.0 Å². The lowest BCUT2D eigenvalue weighted by atomic mass is 10.4. The number of rotatable bonds is 9. The lowest BCUT2D eigenvalue weighted by Crippen LogP contribution is -2.23. The Morgan fingerprint density at radius 1 is 1.39 bits per heavy atom. The van der Waals surface area contributed by atoms with Gasteiger partial charge in [-0.05, 0) is 20.3 Å². The predicted molar refractivity (Wildman–Crippen MR) is 78.6 cm³/mol. The molecule has 0 aliphatic heterocycles. The molecule has 1 aromatic heterocycles. The van der Waals surface area contributed by atoms with Crippen molar-refractivity contribution < 1.29 is 4.74 Å². The van der Waals surface area contributed by atoms with Crippen molar-refractivity contribution in [1.29, 1.82) is 0 Å². The van der Waals surface area contributed by atoms with E-state index in [0.29, 0.717) is 0 Å². The van der Waals surface area contributed by atoms with Gasteiger partial charge in [0.15, 0.2) is 5.13 Å². The number of methoxy groups -OCH3 is 1. The summed E-state index contributed by atoms with van der Waals surface area (Å²) in [6.07, 6.45) is 1.16. The number of ether oxygens (including phenoxy) is 1. The summed E-state index contributed by atoms with van der Waals surface area (Å²) >= 11 is 1.80. The first kappa shape index (κ1) is 15.4. The number of aryl methyl sites for hydroxylation is 1. The van der Waals surface area contributed by atoms with Crippen LogP contribution in [0.1, 0.15) is 30.8 Å². The molecule has 4 nitrogen and oxygen atoms in total. The Labute approximate surface area is 114 Å². The van der Waals surface area contributed by atoms with E-state index in [9.17, 15) is 0 Å². The maximum Gasteiger partial charge on any atom is 0.185 e. The van der Waals surface area contributed by atoms with Crippen LogP contribution in [0, 0.1) is 6.92 Å². The van der Waals surface area contributed by atoms with Gasteiger partial charge in [0.2, 0.25) is 0 Å². The second kappa shape index (κ2) is 8.45. The Kier molecular flexibility index (Phi) is 7.23. The minimum absolute atomic E-state index is 0.752. The van der Waals surface area contributed by atoms with Crippen LogP contribution in [0.3, 0.4) is 0 Å². The monoisotopic (exact) mass is 271 g/mol. The van der Waals surface area contributed by atoms with Crippen molar-refractivity contribution >= 4 is 16.5 Å². The lowest BCUT2D eigenvalue weighted by Gasteiger charge is -2.18. The molecule has 0 radical (unpaired) electrons.